The van der Waals surface area contributed by atoms with Gasteiger partial charge < -0.3 is 5.32 Å². The van der Waals surface area contributed by atoms with E-state index in [0.717, 1.165) is 23.3 Å². The first kappa shape index (κ1) is 12.6. The number of nitrogens with zero attached hydrogens (tertiary/aromatic N) is 2. The molecular formula is C16H18BrN3. The minimum Gasteiger partial charge on any atom is -0.365 e. The number of anilines is 1. The van der Waals surface area contributed by atoms with Gasteiger partial charge in [0.05, 0.1) is 16.7 Å². The second-order valence-electron chi connectivity index (χ2n) is 6.15. The van der Waals surface area contributed by atoms with Crippen LogP contribution in [0.2, 0.25) is 0 Å². The standard InChI is InChI=1S/C16H18BrN3/c1-8-5-13-14(6-9(8)2)20-16-15(18-13)11-7-10(17)3-4-12(11)19-16/h5-6,10-12H,3-4,7H2,1-2H3,(H,19,20)/t10-,11+,12-/m0/s1. The molecule has 2 aliphatic rings. The van der Waals surface area contributed by atoms with E-state index < -0.39 is 0 Å². The van der Waals surface area contributed by atoms with Crippen LogP contribution in [-0.4, -0.2) is 20.8 Å². The Morgan fingerprint density at radius 3 is 2.55 bits per heavy atom. The Bertz CT molecular complexity index is 698. The van der Waals surface area contributed by atoms with Gasteiger partial charge in [0, 0.05) is 16.8 Å². The van der Waals surface area contributed by atoms with Crippen LogP contribution in [0.5, 0.6) is 0 Å². The average molecular weight is 332 g/mol. The molecular weight excluding hydrogens is 314 g/mol. The number of halogens is 1. The topological polar surface area (TPSA) is 37.8 Å². The number of hydrogen-bond donors (Lipinski definition) is 1. The molecule has 1 aliphatic carbocycles. The van der Waals surface area contributed by atoms with Crippen molar-refractivity contribution in [1.29, 1.82) is 0 Å². The molecule has 1 saturated carbocycles. The maximum atomic E-state index is 4.93. The number of alkyl halides is 1. The lowest BCUT2D eigenvalue weighted by Gasteiger charge is -2.28. The molecule has 2 aromatic rings. The summed E-state index contributed by atoms with van der Waals surface area (Å²) in [6.45, 7) is 4.27. The van der Waals surface area contributed by atoms with Gasteiger partial charge in [-0.25, -0.2) is 9.97 Å². The summed E-state index contributed by atoms with van der Waals surface area (Å²) in [5.74, 6) is 1.53. The van der Waals surface area contributed by atoms with Crippen LogP contribution in [-0.2, 0) is 0 Å². The highest BCUT2D eigenvalue weighted by atomic mass is 79.9. The third-order valence-electron chi connectivity index (χ3n) is 4.77. The molecule has 1 N–H and O–H groups in total. The van der Waals surface area contributed by atoms with Gasteiger partial charge in [0.25, 0.3) is 0 Å². The summed E-state index contributed by atoms with van der Waals surface area (Å²) in [5.41, 5.74) is 5.79. The Hall–Kier alpha value is -1.16. The Morgan fingerprint density at radius 1 is 1.10 bits per heavy atom. The highest BCUT2D eigenvalue weighted by Crippen LogP contribution is 2.44. The van der Waals surface area contributed by atoms with Gasteiger partial charge in [0.15, 0.2) is 0 Å². The van der Waals surface area contributed by atoms with Crippen molar-refractivity contribution in [2.24, 2.45) is 0 Å². The molecule has 0 bridgehead atoms. The van der Waals surface area contributed by atoms with Crippen LogP contribution in [0.25, 0.3) is 11.0 Å². The van der Waals surface area contributed by atoms with Crippen molar-refractivity contribution in [2.75, 3.05) is 5.32 Å². The Kier molecular flexibility index (Phi) is 2.78. The molecule has 0 radical (unpaired) electrons. The maximum Gasteiger partial charge on any atom is 0.149 e. The molecule has 3 atom stereocenters. The van der Waals surface area contributed by atoms with Gasteiger partial charge in [-0.15, -0.1) is 0 Å². The maximum absolute atomic E-state index is 4.93. The molecule has 20 heavy (non-hydrogen) atoms. The highest BCUT2D eigenvalue weighted by molar-refractivity contribution is 9.09. The third kappa shape index (κ3) is 1.85. The second-order valence-corrected chi connectivity index (χ2v) is 7.45. The first-order valence-electron chi connectivity index (χ1n) is 7.31. The molecule has 0 amide bonds. The zero-order chi connectivity index (χ0) is 13.9. The van der Waals surface area contributed by atoms with Crippen molar-refractivity contribution in [3.63, 3.8) is 0 Å². The molecule has 0 spiro atoms. The fourth-order valence-corrected chi connectivity index (χ4v) is 4.13. The van der Waals surface area contributed by atoms with E-state index in [0.29, 0.717) is 16.8 Å². The number of nitrogens with one attached hydrogen (secondary N) is 1. The lowest BCUT2D eigenvalue weighted by molar-refractivity contribution is 0.430. The largest absolute Gasteiger partial charge is 0.365 e. The van der Waals surface area contributed by atoms with Gasteiger partial charge in [0.1, 0.15) is 5.82 Å². The lowest BCUT2D eigenvalue weighted by Crippen LogP contribution is -2.28. The molecule has 1 aliphatic heterocycles. The SMILES string of the molecule is Cc1cc2nc3c(nc2cc1C)[C@@H]1C[C@@H](Br)CC[C@@H]1N3. The lowest BCUT2D eigenvalue weighted by atomic mass is 9.85. The van der Waals surface area contributed by atoms with E-state index in [4.69, 9.17) is 9.97 Å². The summed E-state index contributed by atoms with van der Waals surface area (Å²) in [6, 6.07) is 4.84. The minimum absolute atomic E-state index is 0.515. The molecule has 1 aromatic carbocycles. The molecule has 1 fully saturated rings. The second kappa shape index (κ2) is 4.42. The van der Waals surface area contributed by atoms with E-state index in [2.05, 4.69) is 47.2 Å². The van der Waals surface area contributed by atoms with E-state index in [1.807, 2.05) is 0 Å². The van der Waals surface area contributed by atoms with Crippen molar-refractivity contribution in [2.45, 2.75) is 49.9 Å². The first-order chi connectivity index (χ1) is 9.61. The number of aromatic nitrogens is 2. The van der Waals surface area contributed by atoms with Gasteiger partial charge >= 0.3 is 0 Å². The average Bonchev–Trinajstić information content (AvgIpc) is 2.75. The fourth-order valence-electron chi connectivity index (χ4n) is 3.46. The summed E-state index contributed by atoms with van der Waals surface area (Å²) >= 11 is 3.77. The fraction of sp³-hybridized carbons (Fsp3) is 0.500. The number of aryl methyl sites for hydroxylation is 2. The molecule has 1 aromatic heterocycles. The normalized spacial score (nSPS) is 28.1. The van der Waals surface area contributed by atoms with Crippen molar-refractivity contribution < 1.29 is 0 Å². The van der Waals surface area contributed by atoms with Crippen molar-refractivity contribution in [3.05, 3.63) is 29.0 Å². The van der Waals surface area contributed by atoms with Gasteiger partial charge in [-0.2, -0.15) is 0 Å². The van der Waals surface area contributed by atoms with Crippen LogP contribution in [0, 0.1) is 13.8 Å². The minimum atomic E-state index is 0.515. The predicted octanol–water partition coefficient (Wildman–Crippen LogP) is 4.07. The zero-order valence-corrected chi connectivity index (χ0v) is 13.4. The summed E-state index contributed by atoms with van der Waals surface area (Å²) in [7, 11) is 0. The molecule has 4 rings (SSSR count). The number of rotatable bonds is 0. The van der Waals surface area contributed by atoms with Crippen molar-refractivity contribution in [3.8, 4) is 0 Å². The summed E-state index contributed by atoms with van der Waals surface area (Å²) in [5, 5.41) is 3.59. The van der Waals surface area contributed by atoms with Crippen LogP contribution >= 0.6 is 15.9 Å². The smallest absolute Gasteiger partial charge is 0.149 e. The van der Waals surface area contributed by atoms with Gasteiger partial charge in [-0.1, -0.05) is 15.9 Å². The Morgan fingerprint density at radius 2 is 1.80 bits per heavy atom. The van der Waals surface area contributed by atoms with E-state index in [1.165, 1.54) is 29.7 Å². The Balaban J connectivity index is 1.86. The molecule has 2 heterocycles. The van der Waals surface area contributed by atoms with Crippen LogP contribution in [0.15, 0.2) is 12.1 Å². The van der Waals surface area contributed by atoms with Crippen molar-refractivity contribution >= 4 is 32.8 Å². The Labute approximate surface area is 127 Å². The van der Waals surface area contributed by atoms with E-state index in [9.17, 15) is 0 Å². The zero-order valence-electron chi connectivity index (χ0n) is 11.8. The molecule has 3 nitrogen and oxygen atoms in total. The first-order valence-corrected chi connectivity index (χ1v) is 8.23. The highest BCUT2D eigenvalue weighted by Gasteiger charge is 2.39. The molecule has 0 saturated heterocycles. The number of benzene rings is 1. The van der Waals surface area contributed by atoms with E-state index >= 15 is 0 Å². The molecule has 104 valence electrons. The number of fused-ring (bicyclic) bond motifs is 4. The summed E-state index contributed by atoms with van der Waals surface area (Å²) in [4.78, 5) is 10.4. The summed E-state index contributed by atoms with van der Waals surface area (Å²) < 4.78 is 0. The molecule has 0 unspecified atom stereocenters. The number of hydrogen-bond acceptors (Lipinski definition) is 3. The van der Waals surface area contributed by atoms with Gasteiger partial charge in [-0.05, 0) is 56.4 Å². The monoisotopic (exact) mass is 331 g/mol. The van der Waals surface area contributed by atoms with Crippen LogP contribution < -0.4 is 5.32 Å². The quantitative estimate of drug-likeness (QED) is 0.739. The van der Waals surface area contributed by atoms with Crippen LogP contribution in [0.1, 0.15) is 42.0 Å². The predicted molar refractivity (Wildman–Crippen MR) is 85.7 cm³/mol. The third-order valence-corrected chi connectivity index (χ3v) is 5.60. The van der Waals surface area contributed by atoms with E-state index in [-0.39, 0.29) is 0 Å². The summed E-state index contributed by atoms with van der Waals surface area (Å²) in [6.07, 6.45) is 3.60. The molecule has 4 heteroatoms. The van der Waals surface area contributed by atoms with Crippen molar-refractivity contribution in [1.82, 2.24) is 9.97 Å². The van der Waals surface area contributed by atoms with E-state index in [1.54, 1.807) is 0 Å². The van der Waals surface area contributed by atoms with Gasteiger partial charge in [-0.3, -0.25) is 0 Å². The van der Waals surface area contributed by atoms with Crippen LogP contribution in [0.3, 0.4) is 0 Å². The van der Waals surface area contributed by atoms with Crippen LogP contribution in [0.4, 0.5) is 5.82 Å². The van der Waals surface area contributed by atoms with Gasteiger partial charge in [0.2, 0.25) is 0 Å².